The van der Waals surface area contributed by atoms with Crippen LogP contribution in [0.5, 0.6) is 5.75 Å². The van der Waals surface area contributed by atoms with E-state index in [1.165, 1.54) is 0 Å². The number of anilines is 1. The fourth-order valence-corrected chi connectivity index (χ4v) is 2.56. The van der Waals surface area contributed by atoms with Gasteiger partial charge in [-0.05, 0) is 18.2 Å². The summed E-state index contributed by atoms with van der Waals surface area (Å²) in [4.78, 5) is 11.8. The van der Waals surface area contributed by atoms with Crippen molar-refractivity contribution in [2.75, 3.05) is 38.6 Å². The van der Waals surface area contributed by atoms with E-state index in [4.69, 9.17) is 16.3 Å². The van der Waals surface area contributed by atoms with E-state index in [0.29, 0.717) is 36.8 Å². The lowest BCUT2D eigenvalue weighted by atomic mass is 10.1. The van der Waals surface area contributed by atoms with Gasteiger partial charge in [0.05, 0.1) is 18.9 Å². The van der Waals surface area contributed by atoms with Crippen LogP contribution in [0.4, 0.5) is 5.69 Å². The molecule has 7 heteroatoms. The number of aliphatic hydroxyl groups excluding tert-OH is 1. The van der Waals surface area contributed by atoms with Crippen LogP contribution < -0.4 is 20.7 Å². The third kappa shape index (κ3) is 4.76. The summed E-state index contributed by atoms with van der Waals surface area (Å²) >= 11 is 5.95. The standard InChI is InChI=1S/C15H22ClN3O3/c1-22-14-3-2-11(16)6-12(14)18-5-4-15(21)19-8-10-7-17-9-13(10)20/h2-3,6,10,13,17-18,20H,4-5,7-9H2,1H3,(H,19,21). The van der Waals surface area contributed by atoms with Crippen LogP contribution in [0.15, 0.2) is 18.2 Å². The predicted molar refractivity (Wildman–Crippen MR) is 86.5 cm³/mol. The summed E-state index contributed by atoms with van der Waals surface area (Å²) in [6.07, 6.45) is -0.0412. The van der Waals surface area contributed by atoms with Gasteiger partial charge in [0.1, 0.15) is 5.75 Å². The maximum atomic E-state index is 11.8. The molecule has 122 valence electrons. The Hall–Kier alpha value is -1.50. The molecule has 0 aromatic heterocycles. The van der Waals surface area contributed by atoms with Crippen LogP contribution in [0.25, 0.3) is 0 Å². The number of aliphatic hydroxyl groups is 1. The van der Waals surface area contributed by atoms with Crippen molar-refractivity contribution in [3.8, 4) is 5.75 Å². The van der Waals surface area contributed by atoms with Crippen molar-refractivity contribution in [3.05, 3.63) is 23.2 Å². The van der Waals surface area contributed by atoms with E-state index in [1.807, 2.05) is 0 Å². The van der Waals surface area contributed by atoms with Crippen LogP contribution in [0.2, 0.25) is 5.02 Å². The Bertz CT molecular complexity index is 513. The summed E-state index contributed by atoms with van der Waals surface area (Å²) < 4.78 is 5.23. The van der Waals surface area contributed by atoms with Crippen molar-refractivity contribution in [1.29, 1.82) is 0 Å². The van der Waals surface area contributed by atoms with Crippen molar-refractivity contribution in [3.63, 3.8) is 0 Å². The molecule has 1 heterocycles. The lowest BCUT2D eigenvalue weighted by Crippen LogP contribution is -2.35. The second-order valence-corrected chi connectivity index (χ2v) is 5.75. The van der Waals surface area contributed by atoms with Gasteiger partial charge in [-0.3, -0.25) is 4.79 Å². The monoisotopic (exact) mass is 327 g/mol. The third-order valence-corrected chi connectivity index (χ3v) is 3.93. The van der Waals surface area contributed by atoms with Crippen LogP contribution in [-0.2, 0) is 4.79 Å². The first-order valence-electron chi connectivity index (χ1n) is 7.33. The molecule has 0 radical (unpaired) electrons. The molecule has 22 heavy (non-hydrogen) atoms. The van der Waals surface area contributed by atoms with Gasteiger partial charge < -0.3 is 25.8 Å². The highest BCUT2D eigenvalue weighted by atomic mass is 35.5. The summed E-state index contributed by atoms with van der Waals surface area (Å²) in [5, 5.41) is 19.3. The zero-order valence-corrected chi connectivity index (χ0v) is 13.3. The van der Waals surface area contributed by atoms with Crippen molar-refractivity contribution >= 4 is 23.2 Å². The number of methoxy groups -OCH3 is 1. The molecule has 0 aliphatic carbocycles. The highest BCUT2D eigenvalue weighted by Gasteiger charge is 2.24. The van der Waals surface area contributed by atoms with Crippen LogP contribution >= 0.6 is 11.6 Å². The zero-order valence-electron chi connectivity index (χ0n) is 12.6. The van der Waals surface area contributed by atoms with Crippen LogP contribution in [0.1, 0.15) is 6.42 Å². The predicted octanol–water partition coefficient (Wildman–Crippen LogP) is 0.847. The van der Waals surface area contributed by atoms with Crippen molar-refractivity contribution in [1.82, 2.24) is 10.6 Å². The summed E-state index contributed by atoms with van der Waals surface area (Å²) in [6, 6.07) is 5.29. The molecule has 0 bridgehead atoms. The van der Waals surface area contributed by atoms with Gasteiger partial charge in [0.15, 0.2) is 0 Å². The first-order valence-corrected chi connectivity index (χ1v) is 7.71. The molecule has 2 rings (SSSR count). The molecular formula is C15H22ClN3O3. The topological polar surface area (TPSA) is 82.6 Å². The molecule has 0 saturated carbocycles. The zero-order chi connectivity index (χ0) is 15.9. The molecule has 1 aliphatic rings. The lowest BCUT2D eigenvalue weighted by molar-refractivity contribution is -0.121. The largest absolute Gasteiger partial charge is 0.495 e. The van der Waals surface area contributed by atoms with Gasteiger partial charge in [-0.2, -0.15) is 0 Å². The Labute approximate surface area is 135 Å². The molecule has 2 atom stereocenters. The van der Waals surface area contributed by atoms with E-state index in [1.54, 1.807) is 25.3 Å². The Kier molecular flexibility index (Phi) is 6.30. The third-order valence-electron chi connectivity index (χ3n) is 3.69. The quantitative estimate of drug-likeness (QED) is 0.597. The Morgan fingerprint density at radius 3 is 3.00 bits per heavy atom. The average molecular weight is 328 g/mol. The van der Waals surface area contributed by atoms with E-state index < -0.39 is 0 Å². The van der Waals surface area contributed by atoms with Gasteiger partial charge in [-0.25, -0.2) is 0 Å². The number of ether oxygens (including phenoxy) is 1. The number of carbonyl (C=O) groups excluding carboxylic acids is 1. The fraction of sp³-hybridized carbons (Fsp3) is 0.533. The van der Waals surface area contributed by atoms with Crippen molar-refractivity contribution < 1.29 is 14.6 Å². The summed E-state index contributed by atoms with van der Waals surface area (Å²) in [6.45, 7) is 2.30. The maximum Gasteiger partial charge on any atom is 0.221 e. The minimum Gasteiger partial charge on any atom is -0.495 e. The highest BCUT2D eigenvalue weighted by Crippen LogP contribution is 2.27. The van der Waals surface area contributed by atoms with E-state index >= 15 is 0 Å². The smallest absolute Gasteiger partial charge is 0.221 e. The molecule has 1 fully saturated rings. The van der Waals surface area contributed by atoms with E-state index in [2.05, 4.69) is 16.0 Å². The van der Waals surface area contributed by atoms with E-state index in [9.17, 15) is 9.90 Å². The summed E-state index contributed by atoms with van der Waals surface area (Å²) in [7, 11) is 1.59. The second kappa shape index (κ2) is 8.22. The number of hydrogen-bond acceptors (Lipinski definition) is 5. The molecule has 1 aromatic carbocycles. The van der Waals surface area contributed by atoms with Crippen LogP contribution in [0.3, 0.4) is 0 Å². The summed E-state index contributed by atoms with van der Waals surface area (Å²) in [5.41, 5.74) is 0.762. The Balaban J connectivity index is 1.71. The van der Waals surface area contributed by atoms with Crippen LogP contribution in [0, 0.1) is 5.92 Å². The number of amides is 1. The minimum absolute atomic E-state index is 0.0485. The molecule has 1 aromatic rings. The SMILES string of the molecule is COc1ccc(Cl)cc1NCCC(=O)NCC1CNCC1O. The maximum absolute atomic E-state index is 11.8. The number of nitrogens with one attached hydrogen (secondary N) is 3. The number of benzene rings is 1. The first-order chi connectivity index (χ1) is 10.6. The van der Waals surface area contributed by atoms with Crippen molar-refractivity contribution in [2.24, 2.45) is 5.92 Å². The van der Waals surface area contributed by atoms with Gasteiger partial charge in [0, 0.05) is 43.5 Å². The van der Waals surface area contributed by atoms with Crippen LogP contribution in [-0.4, -0.2) is 50.4 Å². The molecule has 1 saturated heterocycles. The Morgan fingerprint density at radius 1 is 1.50 bits per heavy atom. The molecule has 0 spiro atoms. The molecule has 4 N–H and O–H groups in total. The van der Waals surface area contributed by atoms with Gasteiger partial charge in [-0.15, -0.1) is 0 Å². The number of hydrogen-bond donors (Lipinski definition) is 4. The number of carbonyl (C=O) groups is 1. The van der Waals surface area contributed by atoms with Gasteiger partial charge in [0.2, 0.25) is 5.91 Å². The molecule has 1 amide bonds. The normalized spacial score (nSPS) is 20.7. The molecule has 1 aliphatic heterocycles. The molecular weight excluding hydrogens is 306 g/mol. The average Bonchev–Trinajstić information content (AvgIpc) is 2.91. The summed E-state index contributed by atoms with van der Waals surface area (Å²) in [5.74, 6) is 0.725. The first kappa shape index (κ1) is 16.9. The van der Waals surface area contributed by atoms with Gasteiger partial charge in [-0.1, -0.05) is 11.6 Å². The molecule has 6 nitrogen and oxygen atoms in total. The van der Waals surface area contributed by atoms with Gasteiger partial charge in [0.25, 0.3) is 0 Å². The van der Waals surface area contributed by atoms with Crippen molar-refractivity contribution in [2.45, 2.75) is 12.5 Å². The minimum atomic E-state index is -0.380. The molecule has 2 unspecified atom stereocenters. The lowest BCUT2D eigenvalue weighted by Gasteiger charge is -2.15. The number of rotatable bonds is 7. The van der Waals surface area contributed by atoms with Gasteiger partial charge >= 0.3 is 0 Å². The number of β-amino-alcohol motifs (C(OH)–C–C–N with tert-alkyl or cyclic N) is 1. The Morgan fingerprint density at radius 2 is 2.32 bits per heavy atom. The second-order valence-electron chi connectivity index (χ2n) is 5.31. The van der Waals surface area contributed by atoms with E-state index in [-0.39, 0.29) is 17.9 Å². The fourth-order valence-electron chi connectivity index (χ4n) is 2.39. The highest BCUT2D eigenvalue weighted by molar-refractivity contribution is 6.30. The number of halogens is 1. The van der Waals surface area contributed by atoms with E-state index in [0.717, 1.165) is 12.2 Å².